The summed E-state index contributed by atoms with van der Waals surface area (Å²) >= 11 is 0. The van der Waals surface area contributed by atoms with Gasteiger partial charge in [-0.05, 0) is 59.0 Å². The normalized spacial score (nSPS) is 15.4. The maximum atomic E-state index is 5.08. The Morgan fingerprint density at radius 1 is 0.697 bits per heavy atom. The van der Waals surface area contributed by atoms with Gasteiger partial charge < -0.3 is 4.90 Å². The number of pyridine rings is 1. The molecule has 1 aliphatic heterocycles. The van der Waals surface area contributed by atoms with Crippen LogP contribution in [0.4, 0.5) is 5.69 Å². The topological polar surface area (TPSA) is 16.1 Å². The van der Waals surface area contributed by atoms with Crippen molar-refractivity contribution in [3.05, 3.63) is 132 Å². The second-order valence-corrected chi connectivity index (χ2v) is 8.77. The molecule has 6 rings (SSSR count). The van der Waals surface area contributed by atoms with Crippen molar-refractivity contribution in [2.75, 3.05) is 11.4 Å². The quantitative estimate of drug-likeness (QED) is 0.301. The minimum atomic E-state index is 0.283. The van der Waals surface area contributed by atoms with E-state index in [2.05, 4.69) is 120 Å². The molecule has 0 spiro atoms. The highest BCUT2D eigenvalue weighted by Crippen LogP contribution is 2.36. The highest BCUT2D eigenvalue weighted by atomic mass is 15.2. The van der Waals surface area contributed by atoms with Crippen molar-refractivity contribution >= 4 is 16.6 Å². The maximum Gasteiger partial charge on any atom is 0.0705 e. The van der Waals surface area contributed by atoms with E-state index in [9.17, 15) is 0 Å². The number of rotatable bonds is 4. The van der Waals surface area contributed by atoms with Gasteiger partial charge in [-0.15, -0.1) is 0 Å². The van der Waals surface area contributed by atoms with Crippen LogP contribution in [0.25, 0.3) is 22.0 Å². The molecule has 0 aliphatic carbocycles. The van der Waals surface area contributed by atoms with Gasteiger partial charge in [0.2, 0.25) is 0 Å². The van der Waals surface area contributed by atoms with Crippen LogP contribution in [0.15, 0.2) is 115 Å². The van der Waals surface area contributed by atoms with E-state index >= 15 is 0 Å². The minimum absolute atomic E-state index is 0.283. The van der Waals surface area contributed by atoms with E-state index in [1.165, 1.54) is 33.3 Å². The number of benzene rings is 4. The molecular formula is C31H26N2. The predicted octanol–water partition coefficient (Wildman–Crippen LogP) is 7.25. The van der Waals surface area contributed by atoms with Crippen LogP contribution in [-0.2, 0) is 12.8 Å². The number of fused-ring (bicyclic) bond motifs is 2. The zero-order valence-corrected chi connectivity index (χ0v) is 18.6. The summed E-state index contributed by atoms with van der Waals surface area (Å²) in [7, 11) is 0. The van der Waals surface area contributed by atoms with E-state index in [4.69, 9.17) is 4.98 Å². The monoisotopic (exact) mass is 426 g/mol. The van der Waals surface area contributed by atoms with Crippen LogP contribution in [0, 0.1) is 0 Å². The van der Waals surface area contributed by atoms with Crippen LogP contribution in [-0.4, -0.2) is 11.5 Å². The fourth-order valence-corrected chi connectivity index (χ4v) is 5.09. The number of nitrogens with zero attached hydrogens (tertiary/aromatic N) is 2. The van der Waals surface area contributed by atoms with Gasteiger partial charge in [0, 0.05) is 29.7 Å². The second kappa shape index (κ2) is 8.55. The van der Waals surface area contributed by atoms with Crippen molar-refractivity contribution in [3.8, 4) is 11.1 Å². The van der Waals surface area contributed by atoms with E-state index in [0.717, 1.165) is 30.6 Å². The third-order valence-corrected chi connectivity index (χ3v) is 6.76. The Kier molecular flexibility index (Phi) is 5.12. The Morgan fingerprint density at radius 2 is 1.45 bits per heavy atom. The van der Waals surface area contributed by atoms with Crippen molar-refractivity contribution in [3.63, 3.8) is 0 Å². The second-order valence-electron chi connectivity index (χ2n) is 8.77. The SMILES string of the molecule is c1ccc(-c2ccc3nc(CC4c5ccccc5CCN4c4ccccc4)ccc3c2)cc1. The van der Waals surface area contributed by atoms with E-state index in [-0.39, 0.29) is 6.04 Å². The summed E-state index contributed by atoms with van der Waals surface area (Å²) in [4.78, 5) is 7.63. The highest BCUT2D eigenvalue weighted by Gasteiger charge is 2.28. The average molecular weight is 427 g/mol. The Labute approximate surface area is 195 Å². The lowest BCUT2D eigenvalue weighted by molar-refractivity contribution is 0.574. The van der Waals surface area contributed by atoms with Gasteiger partial charge in [-0.1, -0.05) is 84.9 Å². The third kappa shape index (κ3) is 3.89. The van der Waals surface area contributed by atoms with Gasteiger partial charge in [0.25, 0.3) is 0 Å². The van der Waals surface area contributed by atoms with Crippen LogP contribution < -0.4 is 4.90 Å². The van der Waals surface area contributed by atoms with Crippen LogP contribution in [0.3, 0.4) is 0 Å². The van der Waals surface area contributed by atoms with Gasteiger partial charge in [0.15, 0.2) is 0 Å². The fraction of sp³-hybridized carbons (Fsp3) is 0.129. The molecule has 5 aromatic rings. The minimum Gasteiger partial charge on any atom is -0.364 e. The van der Waals surface area contributed by atoms with Crippen LogP contribution in [0.1, 0.15) is 22.9 Å². The Bertz CT molecular complexity index is 1390. The zero-order chi connectivity index (χ0) is 22.0. The van der Waals surface area contributed by atoms with Gasteiger partial charge in [-0.3, -0.25) is 4.98 Å². The highest BCUT2D eigenvalue weighted by molar-refractivity contribution is 5.84. The van der Waals surface area contributed by atoms with E-state index in [1.807, 2.05) is 0 Å². The summed E-state index contributed by atoms with van der Waals surface area (Å²) < 4.78 is 0. The molecule has 0 amide bonds. The largest absolute Gasteiger partial charge is 0.364 e. The molecule has 160 valence electrons. The zero-order valence-electron chi connectivity index (χ0n) is 18.6. The summed E-state index contributed by atoms with van der Waals surface area (Å²) in [5.41, 5.74) is 8.83. The lowest BCUT2D eigenvalue weighted by atomic mass is 9.89. The van der Waals surface area contributed by atoms with Crippen molar-refractivity contribution in [2.45, 2.75) is 18.9 Å². The summed E-state index contributed by atoms with van der Waals surface area (Å²) in [6.45, 7) is 1.03. The van der Waals surface area contributed by atoms with E-state index in [1.54, 1.807) is 0 Å². The van der Waals surface area contributed by atoms with E-state index in [0.29, 0.717) is 0 Å². The molecule has 33 heavy (non-hydrogen) atoms. The van der Waals surface area contributed by atoms with Gasteiger partial charge in [0.1, 0.15) is 0 Å². The molecule has 1 aromatic heterocycles. The molecule has 0 N–H and O–H groups in total. The number of hydrogen-bond acceptors (Lipinski definition) is 2. The van der Waals surface area contributed by atoms with E-state index < -0.39 is 0 Å². The molecular weight excluding hydrogens is 400 g/mol. The van der Waals surface area contributed by atoms with Crippen molar-refractivity contribution in [2.24, 2.45) is 0 Å². The summed E-state index contributed by atoms with van der Waals surface area (Å²) in [5.74, 6) is 0. The number of anilines is 1. The summed E-state index contributed by atoms with van der Waals surface area (Å²) in [5, 5.41) is 1.18. The molecule has 0 bridgehead atoms. The molecule has 2 nitrogen and oxygen atoms in total. The van der Waals surface area contributed by atoms with Gasteiger partial charge in [-0.2, -0.15) is 0 Å². The number of hydrogen-bond donors (Lipinski definition) is 0. The van der Waals surface area contributed by atoms with Crippen LogP contribution >= 0.6 is 0 Å². The fourth-order valence-electron chi connectivity index (χ4n) is 5.09. The first-order chi connectivity index (χ1) is 16.3. The lowest BCUT2D eigenvalue weighted by Crippen LogP contribution is -2.36. The smallest absolute Gasteiger partial charge is 0.0705 e. The summed E-state index contributed by atoms with van der Waals surface area (Å²) in [6.07, 6.45) is 1.97. The Balaban J connectivity index is 1.35. The first-order valence-electron chi connectivity index (χ1n) is 11.7. The number of aromatic nitrogens is 1. The molecule has 2 heterocycles. The standard InChI is InChI=1S/C31H26N2/c1-3-9-23(10-4-1)25-16-18-30-26(21-25)15-17-27(32-30)22-31-29-14-8-7-11-24(29)19-20-33(31)28-12-5-2-6-13-28/h1-18,21,31H,19-20,22H2. The first-order valence-corrected chi connectivity index (χ1v) is 11.7. The van der Waals surface area contributed by atoms with Crippen LogP contribution in [0.2, 0.25) is 0 Å². The molecule has 2 heteroatoms. The van der Waals surface area contributed by atoms with Crippen molar-refractivity contribution in [1.29, 1.82) is 0 Å². The van der Waals surface area contributed by atoms with Gasteiger partial charge >= 0.3 is 0 Å². The molecule has 0 saturated carbocycles. The average Bonchev–Trinajstić information content (AvgIpc) is 2.89. The molecule has 4 aromatic carbocycles. The molecule has 0 fully saturated rings. The lowest BCUT2D eigenvalue weighted by Gasteiger charge is -2.39. The Hall–Kier alpha value is -3.91. The Morgan fingerprint density at radius 3 is 2.30 bits per heavy atom. The molecule has 1 atom stereocenters. The molecule has 1 unspecified atom stereocenters. The molecule has 0 saturated heterocycles. The number of para-hydroxylation sites is 1. The van der Waals surface area contributed by atoms with Gasteiger partial charge in [0.05, 0.1) is 11.6 Å². The van der Waals surface area contributed by atoms with Crippen molar-refractivity contribution < 1.29 is 0 Å². The molecule has 0 radical (unpaired) electrons. The van der Waals surface area contributed by atoms with Crippen LogP contribution in [0.5, 0.6) is 0 Å². The van der Waals surface area contributed by atoms with Gasteiger partial charge in [-0.25, -0.2) is 0 Å². The maximum absolute atomic E-state index is 5.08. The molecule has 1 aliphatic rings. The predicted molar refractivity (Wildman–Crippen MR) is 138 cm³/mol. The summed E-state index contributed by atoms with van der Waals surface area (Å²) in [6, 6.07) is 41.5. The third-order valence-electron chi connectivity index (χ3n) is 6.76. The first kappa shape index (κ1) is 19.8. The van der Waals surface area contributed by atoms with Crippen molar-refractivity contribution in [1.82, 2.24) is 4.98 Å².